The van der Waals surface area contributed by atoms with Crippen LogP contribution in [0.5, 0.6) is 0 Å². The molecule has 7 heteroatoms. The maximum Gasteiger partial charge on any atom is 0.274 e. The Hall–Kier alpha value is -2.02. The quantitative estimate of drug-likeness (QED) is 0.584. The Labute approximate surface area is 168 Å². The highest BCUT2D eigenvalue weighted by Gasteiger charge is 2.21. The molecule has 0 aliphatic carbocycles. The van der Waals surface area contributed by atoms with E-state index in [9.17, 15) is 9.59 Å². The molecule has 156 valence electrons. The molecule has 2 atom stereocenters. The van der Waals surface area contributed by atoms with Crippen molar-refractivity contribution in [3.63, 3.8) is 0 Å². The maximum absolute atomic E-state index is 12.6. The molecule has 1 fully saturated rings. The van der Waals surface area contributed by atoms with Crippen molar-refractivity contribution in [2.45, 2.75) is 65.3 Å². The number of aromatic nitrogens is 2. The van der Waals surface area contributed by atoms with Gasteiger partial charge < -0.3 is 15.1 Å². The highest BCUT2D eigenvalue weighted by Crippen LogP contribution is 2.04. The van der Waals surface area contributed by atoms with Gasteiger partial charge in [-0.25, -0.2) is 4.98 Å². The summed E-state index contributed by atoms with van der Waals surface area (Å²) in [5.74, 6) is -0.157. The summed E-state index contributed by atoms with van der Waals surface area (Å²) >= 11 is 0. The first-order valence-electron chi connectivity index (χ1n) is 10.7. The molecule has 1 aromatic heterocycles. The topological polar surface area (TPSA) is 79.6 Å². The van der Waals surface area contributed by atoms with Gasteiger partial charge in [0.1, 0.15) is 5.69 Å². The first-order chi connectivity index (χ1) is 13.5. The summed E-state index contributed by atoms with van der Waals surface area (Å²) in [6, 6.07) is 0.739. The third-order valence-corrected chi connectivity index (χ3v) is 5.47. The minimum absolute atomic E-state index is 0.00517. The van der Waals surface area contributed by atoms with E-state index in [1.54, 1.807) is 16.0 Å². The van der Waals surface area contributed by atoms with Crippen LogP contribution >= 0.6 is 0 Å². The van der Waals surface area contributed by atoms with Crippen LogP contribution in [0.4, 0.5) is 0 Å². The number of nitrogens with one attached hydrogen (secondary N) is 2. The van der Waals surface area contributed by atoms with Gasteiger partial charge in [-0.1, -0.05) is 6.92 Å². The first-order valence-corrected chi connectivity index (χ1v) is 10.7. The second-order valence-corrected chi connectivity index (χ2v) is 7.84. The minimum Gasteiger partial charge on any atom is -0.356 e. The Balaban J connectivity index is 1.71. The number of nitrogens with zero attached hydrogens (tertiary/aromatic N) is 3. The molecule has 0 saturated carbocycles. The van der Waals surface area contributed by atoms with Gasteiger partial charge in [0.25, 0.3) is 5.91 Å². The van der Waals surface area contributed by atoms with Crippen molar-refractivity contribution in [3.8, 4) is 0 Å². The molecular weight excluding hydrogens is 354 g/mol. The summed E-state index contributed by atoms with van der Waals surface area (Å²) in [7, 11) is 0. The molecule has 2 rings (SSSR count). The molecule has 1 aliphatic heterocycles. The number of carbonyl (C=O) groups is 2. The molecule has 0 spiro atoms. The highest BCUT2D eigenvalue weighted by molar-refractivity contribution is 5.92. The maximum atomic E-state index is 12.6. The van der Waals surface area contributed by atoms with Crippen LogP contribution < -0.4 is 10.2 Å². The van der Waals surface area contributed by atoms with Crippen molar-refractivity contribution < 1.29 is 14.5 Å². The Bertz CT molecular complexity index is 620. The lowest BCUT2D eigenvalue weighted by molar-refractivity contribution is -0.928. The van der Waals surface area contributed by atoms with Gasteiger partial charge in [0.05, 0.1) is 31.0 Å². The van der Waals surface area contributed by atoms with Crippen LogP contribution in [0.3, 0.4) is 0 Å². The number of quaternary nitrogens is 1. The van der Waals surface area contributed by atoms with E-state index in [4.69, 9.17) is 0 Å². The Morgan fingerprint density at radius 3 is 2.75 bits per heavy atom. The van der Waals surface area contributed by atoms with Gasteiger partial charge in [0, 0.05) is 38.7 Å². The summed E-state index contributed by atoms with van der Waals surface area (Å²) < 4.78 is 0. The SMILES string of the molecule is CCCN(CCC(=O)NCCC[NH+]1CCCC[C@H]1C)C(=O)c1cnc(C)cn1. The number of amides is 2. The van der Waals surface area contributed by atoms with Crippen molar-refractivity contribution in [1.29, 1.82) is 0 Å². The number of likely N-dealkylation sites (tertiary alicyclic amines) is 1. The van der Waals surface area contributed by atoms with Gasteiger partial charge in [-0.15, -0.1) is 0 Å². The monoisotopic (exact) mass is 390 g/mol. The van der Waals surface area contributed by atoms with Gasteiger partial charge in [-0.3, -0.25) is 14.6 Å². The van der Waals surface area contributed by atoms with Crippen LogP contribution in [0.1, 0.15) is 68.6 Å². The lowest BCUT2D eigenvalue weighted by atomic mass is 10.0. The van der Waals surface area contributed by atoms with Crippen molar-refractivity contribution >= 4 is 11.8 Å². The molecule has 28 heavy (non-hydrogen) atoms. The van der Waals surface area contributed by atoms with E-state index in [1.807, 2.05) is 13.8 Å². The number of hydrogen-bond donors (Lipinski definition) is 2. The Morgan fingerprint density at radius 2 is 2.07 bits per heavy atom. The van der Waals surface area contributed by atoms with Crippen molar-refractivity contribution in [2.24, 2.45) is 0 Å². The highest BCUT2D eigenvalue weighted by atomic mass is 16.2. The predicted octanol–water partition coefficient (Wildman–Crippen LogP) is 0.991. The number of rotatable bonds is 10. The molecular formula is C21H36N5O2+. The third-order valence-electron chi connectivity index (χ3n) is 5.47. The van der Waals surface area contributed by atoms with E-state index in [0.717, 1.165) is 31.1 Å². The molecule has 1 aromatic rings. The largest absolute Gasteiger partial charge is 0.356 e. The second kappa shape index (κ2) is 11.7. The van der Waals surface area contributed by atoms with E-state index in [2.05, 4.69) is 22.2 Å². The normalized spacial score (nSPS) is 19.2. The van der Waals surface area contributed by atoms with Crippen LogP contribution in [0.15, 0.2) is 12.4 Å². The smallest absolute Gasteiger partial charge is 0.274 e. The molecule has 1 unspecified atom stereocenters. The van der Waals surface area contributed by atoms with Gasteiger partial charge >= 0.3 is 0 Å². The first kappa shape index (κ1) is 22.3. The van der Waals surface area contributed by atoms with E-state index >= 15 is 0 Å². The number of piperidine rings is 1. The van der Waals surface area contributed by atoms with E-state index in [0.29, 0.717) is 31.7 Å². The average molecular weight is 391 g/mol. The summed E-state index contributed by atoms with van der Waals surface area (Å²) in [6.07, 6.45) is 9.23. The molecule has 2 N–H and O–H groups in total. The van der Waals surface area contributed by atoms with Crippen LogP contribution in [0, 0.1) is 6.92 Å². The van der Waals surface area contributed by atoms with Crippen molar-refractivity contribution in [1.82, 2.24) is 20.2 Å². The molecule has 7 nitrogen and oxygen atoms in total. The fourth-order valence-electron chi connectivity index (χ4n) is 3.74. The summed E-state index contributed by atoms with van der Waals surface area (Å²) in [5.41, 5.74) is 1.11. The molecule has 0 bridgehead atoms. The fourth-order valence-corrected chi connectivity index (χ4v) is 3.74. The summed E-state index contributed by atoms with van der Waals surface area (Å²) in [5, 5.41) is 3.00. The van der Waals surface area contributed by atoms with E-state index in [1.165, 1.54) is 32.0 Å². The molecule has 0 aromatic carbocycles. The number of carbonyl (C=O) groups excluding carboxylic acids is 2. The van der Waals surface area contributed by atoms with Crippen LogP contribution in [0.25, 0.3) is 0 Å². The van der Waals surface area contributed by atoms with Gasteiger partial charge in [0.15, 0.2) is 0 Å². The van der Waals surface area contributed by atoms with E-state index < -0.39 is 0 Å². The van der Waals surface area contributed by atoms with Crippen LogP contribution in [-0.4, -0.2) is 65.4 Å². The second-order valence-electron chi connectivity index (χ2n) is 7.84. The number of hydrogen-bond acceptors (Lipinski definition) is 4. The third kappa shape index (κ3) is 7.19. The van der Waals surface area contributed by atoms with Crippen molar-refractivity contribution in [3.05, 3.63) is 23.8 Å². The zero-order valence-electron chi connectivity index (χ0n) is 17.7. The van der Waals surface area contributed by atoms with Gasteiger partial charge in [-0.2, -0.15) is 0 Å². The van der Waals surface area contributed by atoms with Gasteiger partial charge in [0.2, 0.25) is 5.91 Å². The van der Waals surface area contributed by atoms with Crippen LogP contribution in [-0.2, 0) is 4.79 Å². The molecule has 1 aliphatic rings. The van der Waals surface area contributed by atoms with E-state index in [-0.39, 0.29) is 11.8 Å². The molecule has 2 amide bonds. The molecule has 0 radical (unpaired) electrons. The summed E-state index contributed by atoms with van der Waals surface area (Å²) in [4.78, 5) is 36.5. The zero-order valence-corrected chi connectivity index (χ0v) is 17.7. The molecule has 1 saturated heterocycles. The molecule has 2 heterocycles. The summed E-state index contributed by atoms with van der Waals surface area (Å²) in [6.45, 7) is 10.3. The lowest BCUT2D eigenvalue weighted by Crippen LogP contribution is -3.16. The number of aryl methyl sites for hydroxylation is 1. The predicted molar refractivity (Wildman–Crippen MR) is 109 cm³/mol. The zero-order chi connectivity index (χ0) is 20.4. The van der Waals surface area contributed by atoms with Gasteiger partial charge in [-0.05, 0) is 39.5 Å². The Morgan fingerprint density at radius 1 is 1.25 bits per heavy atom. The minimum atomic E-state index is -0.162. The van der Waals surface area contributed by atoms with Crippen LogP contribution in [0.2, 0.25) is 0 Å². The van der Waals surface area contributed by atoms with Crippen molar-refractivity contribution in [2.75, 3.05) is 32.7 Å². The standard InChI is InChI=1S/C21H35N5O2/c1-4-11-26(21(28)19-16-23-17(2)15-24-19)14-9-20(27)22-10-7-13-25-12-6-5-8-18(25)3/h15-16,18H,4-14H2,1-3H3,(H,22,27)/p+1/t18-/m1/s1. The lowest BCUT2D eigenvalue weighted by Gasteiger charge is -2.30. The average Bonchev–Trinajstić information content (AvgIpc) is 2.69. The Kier molecular flexibility index (Phi) is 9.34. The fraction of sp³-hybridized carbons (Fsp3) is 0.714.